The largest absolute Gasteiger partial charge is 0.497 e. The number of methoxy groups -OCH3 is 1. The van der Waals surface area contributed by atoms with Crippen molar-refractivity contribution in [1.29, 1.82) is 0 Å². The maximum absolute atomic E-state index is 5.83. The number of hydrogen-bond donors (Lipinski definition) is 0. The Morgan fingerprint density at radius 1 is 0.857 bits per heavy atom. The third-order valence-corrected chi connectivity index (χ3v) is 4.47. The van der Waals surface area contributed by atoms with Crippen LogP contribution < -0.4 is 4.74 Å². The summed E-state index contributed by atoms with van der Waals surface area (Å²) in [6.45, 7) is 0. The lowest BCUT2D eigenvalue weighted by Crippen LogP contribution is -1.99. The quantitative estimate of drug-likeness (QED) is 0.474. The van der Waals surface area contributed by atoms with Crippen LogP contribution in [0.1, 0.15) is 0 Å². The molecule has 0 spiro atoms. The van der Waals surface area contributed by atoms with Crippen LogP contribution in [0, 0.1) is 0 Å². The lowest BCUT2D eigenvalue weighted by Gasteiger charge is -2.06. The number of oxazole rings is 1. The maximum Gasteiger partial charge on any atom is 0.227 e. The molecule has 5 rings (SSSR count). The summed E-state index contributed by atoms with van der Waals surface area (Å²) >= 11 is 0. The SMILES string of the molecule is COc1ccc(-c2nnnn2-c2ccc(-c3nc4ccccc4o3)cc2)cc1. The summed E-state index contributed by atoms with van der Waals surface area (Å²) < 4.78 is 12.7. The monoisotopic (exact) mass is 369 g/mol. The predicted molar refractivity (Wildman–Crippen MR) is 104 cm³/mol. The minimum absolute atomic E-state index is 0.583. The average molecular weight is 369 g/mol. The van der Waals surface area contributed by atoms with Crippen LogP contribution in [0.5, 0.6) is 5.75 Å². The molecule has 0 N–H and O–H groups in total. The van der Waals surface area contributed by atoms with Gasteiger partial charge in [0.1, 0.15) is 11.3 Å². The molecule has 2 aromatic heterocycles. The summed E-state index contributed by atoms with van der Waals surface area (Å²) in [4.78, 5) is 4.53. The molecule has 136 valence electrons. The van der Waals surface area contributed by atoms with Crippen LogP contribution >= 0.6 is 0 Å². The molecule has 0 fully saturated rings. The molecule has 0 saturated heterocycles. The topological polar surface area (TPSA) is 78.9 Å². The minimum Gasteiger partial charge on any atom is -0.497 e. The Morgan fingerprint density at radius 2 is 1.61 bits per heavy atom. The van der Waals surface area contributed by atoms with Crippen molar-refractivity contribution < 1.29 is 9.15 Å². The maximum atomic E-state index is 5.83. The highest BCUT2D eigenvalue weighted by Crippen LogP contribution is 2.26. The zero-order valence-electron chi connectivity index (χ0n) is 15.0. The molecule has 0 unspecified atom stereocenters. The fourth-order valence-electron chi connectivity index (χ4n) is 3.02. The van der Waals surface area contributed by atoms with Gasteiger partial charge in [0.05, 0.1) is 12.8 Å². The van der Waals surface area contributed by atoms with Crippen LogP contribution in [0.4, 0.5) is 0 Å². The summed E-state index contributed by atoms with van der Waals surface area (Å²) in [6, 6.07) is 23.1. The highest BCUT2D eigenvalue weighted by atomic mass is 16.5. The van der Waals surface area contributed by atoms with Gasteiger partial charge in [-0.25, -0.2) is 4.98 Å². The highest BCUT2D eigenvalue weighted by Gasteiger charge is 2.12. The predicted octanol–water partition coefficient (Wildman–Crippen LogP) is 4.15. The number of tetrazole rings is 1. The van der Waals surface area contributed by atoms with Crippen LogP contribution in [0.3, 0.4) is 0 Å². The number of hydrogen-bond acceptors (Lipinski definition) is 6. The van der Waals surface area contributed by atoms with Crippen LogP contribution in [-0.2, 0) is 0 Å². The van der Waals surface area contributed by atoms with E-state index in [4.69, 9.17) is 9.15 Å². The second-order valence-corrected chi connectivity index (χ2v) is 6.18. The van der Waals surface area contributed by atoms with E-state index in [-0.39, 0.29) is 0 Å². The minimum atomic E-state index is 0.583. The number of fused-ring (bicyclic) bond motifs is 1. The van der Waals surface area contributed by atoms with Crippen LogP contribution in [-0.4, -0.2) is 32.3 Å². The summed E-state index contributed by atoms with van der Waals surface area (Å²) in [5.74, 6) is 2.02. The lowest BCUT2D eigenvalue weighted by atomic mass is 10.2. The summed E-state index contributed by atoms with van der Waals surface area (Å²) in [5.41, 5.74) is 4.23. The van der Waals surface area contributed by atoms with Gasteiger partial charge in [-0.05, 0) is 71.1 Å². The zero-order valence-corrected chi connectivity index (χ0v) is 15.0. The first-order valence-corrected chi connectivity index (χ1v) is 8.71. The van der Waals surface area contributed by atoms with Crippen molar-refractivity contribution >= 4 is 11.1 Å². The molecule has 28 heavy (non-hydrogen) atoms. The van der Waals surface area contributed by atoms with Crippen molar-refractivity contribution in [2.75, 3.05) is 7.11 Å². The zero-order chi connectivity index (χ0) is 18.9. The molecule has 3 aromatic carbocycles. The van der Waals surface area contributed by atoms with Crippen molar-refractivity contribution in [1.82, 2.24) is 25.2 Å². The lowest BCUT2D eigenvalue weighted by molar-refractivity contribution is 0.415. The van der Waals surface area contributed by atoms with E-state index >= 15 is 0 Å². The Balaban J connectivity index is 1.48. The third-order valence-electron chi connectivity index (χ3n) is 4.47. The smallest absolute Gasteiger partial charge is 0.227 e. The Labute approximate surface area is 160 Å². The number of ether oxygens (including phenoxy) is 1. The number of para-hydroxylation sites is 2. The van der Waals surface area contributed by atoms with E-state index in [0.717, 1.165) is 33.7 Å². The molecule has 0 aliphatic heterocycles. The molecule has 7 heteroatoms. The molecule has 2 heterocycles. The van der Waals surface area contributed by atoms with Gasteiger partial charge in [0, 0.05) is 11.1 Å². The first kappa shape index (κ1) is 16.2. The van der Waals surface area contributed by atoms with Gasteiger partial charge in [-0.15, -0.1) is 5.10 Å². The molecule has 0 aliphatic carbocycles. The van der Waals surface area contributed by atoms with Crippen LogP contribution in [0.15, 0.2) is 77.2 Å². The number of rotatable bonds is 4. The molecule has 5 aromatic rings. The van der Waals surface area contributed by atoms with Gasteiger partial charge in [-0.3, -0.25) is 0 Å². The molecule has 0 bridgehead atoms. The molecule has 0 atom stereocenters. The van der Waals surface area contributed by atoms with Crippen LogP contribution in [0.25, 0.3) is 39.6 Å². The third kappa shape index (κ3) is 2.79. The van der Waals surface area contributed by atoms with Gasteiger partial charge in [0.15, 0.2) is 11.4 Å². The van der Waals surface area contributed by atoms with Gasteiger partial charge in [-0.1, -0.05) is 12.1 Å². The van der Waals surface area contributed by atoms with E-state index in [1.807, 2.05) is 72.8 Å². The fraction of sp³-hybridized carbons (Fsp3) is 0.0476. The molecule has 7 nitrogen and oxygen atoms in total. The average Bonchev–Trinajstić information content (AvgIpc) is 3.41. The number of nitrogens with zero attached hydrogens (tertiary/aromatic N) is 5. The van der Waals surface area contributed by atoms with E-state index in [0.29, 0.717) is 11.7 Å². The van der Waals surface area contributed by atoms with Gasteiger partial charge >= 0.3 is 0 Å². The summed E-state index contributed by atoms with van der Waals surface area (Å²) in [6.07, 6.45) is 0. The number of aromatic nitrogens is 5. The normalized spacial score (nSPS) is 11.0. The Hall–Kier alpha value is -4.00. The van der Waals surface area contributed by atoms with Crippen molar-refractivity contribution in [2.45, 2.75) is 0 Å². The summed E-state index contributed by atoms with van der Waals surface area (Å²) in [5, 5.41) is 12.1. The molecule has 0 saturated carbocycles. The first-order chi connectivity index (χ1) is 13.8. The first-order valence-electron chi connectivity index (χ1n) is 8.71. The van der Waals surface area contributed by atoms with E-state index in [9.17, 15) is 0 Å². The Morgan fingerprint density at radius 3 is 2.36 bits per heavy atom. The number of benzene rings is 3. The van der Waals surface area contributed by atoms with Gasteiger partial charge in [0.25, 0.3) is 0 Å². The Kier molecular flexibility index (Phi) is 3.83. The van der Waals surface area contributed by atoms with Crippen molar-refractivity contribution in [3.8, 4) is 34.3 Å². The molecule has 0 amide bonds. The van der Waals surface area contributed by atoms with E-state index in [1.165, 1.54) is 0 Å². The standard InChI is InChI=1S/C21H15N5O2/c1-27-17-12-8-14(9-13-17)20-23-24-25-26(20)16-10-6-15(7-11-16)21-22-18-4-2-3-5-19(18)28-21/h2-13H,1H3. The molecule has 0 aliphatic rings. The fourth-order valence-corrected chi connectivity index (χ4v) is 3.02. The second-order valence-electron chi connectivity index (χ2n) is 6.18. The highest BCUT2D eigenvalue weighted by molar-refractivity contribution is 5.76. The molecule has 0 radical (unpaired) electrons. The van der Waals surface area contributed by atoms with Gasteiger partial charge < -0.3 is 9.15 Å². The van der Waals surface area contributed by atoms with Crippen molar-refractivity contribution in [3.05, 3.63) is 72.8 Å². The van der Waals surface area contributed by atoms with Crippen LogP contribution in [0.2, 0.25) is 0 Å². The van der Waals surface area contributed by atoms with Gasteiger partial charge in [0.2, 0.25) is 5.89 Å². The Bertz CT molecular complexity index is 1210. The second kappa shape index (κ2) is 6.62. The van der Waals surface area contributed by atoms with Gasteiger partial charge in [-0.2, -0.15) is 4.68 Å². The van der Waals surface area contributed by atoms with Crippen molar-refractivity contribution in [2.24, 2.45) is 0 Å². The van der Waals surface area contributed by atoms with E-state index < -0.39 is 0 Å². The summed E-state index contributed by atoms with van der Waals surface area (Å²) in [7, 11) is 1.64. The van der Waals surface area contributed by atoms with E-state index in [2.05, 4.69) is 20.5 Å². The molecular formula is C21H15N5O2. The van der Waals surface area contributed by atoms with E-state index in [1.54, 1.807) is 11.8 Å². The van der Waals surface area contributed by atoms with Crippen molar-refractivity contribution in [3.63, 3.8) is 0 Å². The molecular weight excluding hydrogens is 354 g/mol.